The standard InChI is InChI=1S/C32H43N11O5/c1-4-46-15-16-48-18-17-47-14-13-43(21-29(44)33-19-25-5-9-27(10-6-25)31-39-35-23(2)36-40-31)22-30(45)34-20-26-7-11-28(12-8-26)32-41-37-24(3)38-42-32/h5-12,29,33,44H,4,13-22H2,1-3H3,(H,34,45). The van der Waals surface area contributed by atoms with Crippen molar-refractivity contribution in [1.29, 1.82) is 0 Å². The first-order chi connectivity index (χ1) is 23.4. The first kappa shape index (κ1) is 36.4. The van der Waals surface area contributed by atoms with E-state index in [0.29, 0.717) is 82.6 Å². The predicted molar refractivity (Wildman–Crippen MR) is 175 cm³/mol. The SMILES string of the molecule is CCOCCOCCOCCN(CC(=O)NCc1ccc(-c2nnc(C)nn2)cc1)CC(O)NCc1ccc(-c2nnc(C)nn2)cc1. The molecule has 1 amide bonds. The van der Waals surface area contributed by atoms with Gasteiger partial charge in [-0.25, -0.2) is 0 Å². The summed E-state index contributed by atoms with van der Waals surface area (Å²) < 4.78 is 16.5. The molecule has 0 fully saturated rings. The van der Waals surface area contributed by atoms with E-state index in [-0.39, 0.29) is 19.0 Å². The number of aliphatic hydroxyl groups is 1. The second kappa shape index (κ2) is 20.0. The van der Waals surface area contributed by atoms with Crippen LogP contribution in [0.3, 0.4) is 0 Å². The van der Waals surface area contributed by atoms with E-state index in [1.54, 1.807) is 13.8 Å². The van der Waals surface area contributed by atoms with Crippen LogP contribution in [0.5, 0.6) is 0 Å². The van der Waals surface area contributed by atoms with Gasteiger partial charge in [-0.15, -0.1) is 40.8 Å². The molecule has 0 radical (unpaired) electrons. The number of carbonyl (C=O) groups is 1. The highest BCUT2D eigenvalue weighted by molar-refractivity contribution is 5.78. The van der Waals surface area contributed by atoms with Crippen molar-refractivity contribution < 1.29 is 24.1 Å². The van der Waals surface area contributed by atoms with E-state index < -0.39 is 6.23 Å². The Morgan fingerprint density at radius 1 is 0.708 bits per heavy atom. The molecule has 2 heterocycles. The van der Waals surface area contributed by atoms with Gasteiger partial charge in [-0.2, -0.15) is 0 Å². The van der Waals surface area contributed by atoms with Crippen LogP contribution < -0.4 is 10.6 Å². The Balaban J connectivity index is 1.25. The van der Waals surface area contributed by atoms with E-state index in [2.05, 4.69) is 51.4 Å². The minimum Gasteiger partial charge on any atom is -0.379 e. The molecule has 48 heavy (non-hydrogen) atoms. The monoisotopic (exact) mass is 661 g/mol. The van der Waals surface area contributed by atoms with Crippen LogP contribution in [0.15, 0.2) is 48.5 Å². The molecule has 0 spiro atoms. The molecule has 0 aliphatic carbocycles. The summed E-state index contributed by atoms with van der Waals surface area (Å²) in [7, 11) is 0. The Kier molecular flexibility index (Phi) is 15.2. The summed E-state index contributed by atoms with van der Waals surface area (Å²) in [6, 6.07) is 15.1. The van der Waals surface area contributed by atoms with Crippen molar-refractivity contribution in [3.05, 3.63) is 71.3 Å². The van der Waals surface area contributed by atoms with Crippen LogP contribution in [0.25, 0.3) is 22.8 Å². The number of ether oxygens (including phenoxy) is 3. The lowest BCUT2D eigenvalue weighted by molar-refractivity contribution is -0.123. The lowest BCUT2D eigenvalue weighted by atomic mass is 10.1. The molecule has 0 aliphatic heterocycles. The average molecular weight is 662 g/mol. The van der Waals surface area contributed by atoms with Crippen LogP contribution in [0.1, 0.15) is 29.7 Å². The van der Waals surface area contributed by atoms with Gasteiger partial charge in [0.25, 0.3) is 0 Å². The molecular formula is C32H43N11O5. The zero-order valence-corrected chi connectivity index (χ0v) is 27.6. The molecule has 3 N–H and O–H groups in total. The fourth-order valence-electron chi connectivity index (χ4n) is 4.35. The topological polar surface area (TPSA) is 195 Å². The number of nitrogens with zero attached hydrogens (tertiary/aromatic N) is 9. The minimum atomic E-state index is -0.895. The smallest absolute Gasteiger partial charge is 0.234 e. The molecule has 0 bridgehead atoms. The lowest BCUT2D eigenvalue weighted by Gasteiger charge is -2.25. The molecule has 1 unspecified atom stereocenters. The summed E-state index contributed by atoms with van der Waals surface area (Å²) in [4.78, 5) is 14.8. The quantitative estimate of drug-likeness (QED) is 0.0841. The molecule has 4 aromatic rings. The van der Waals surface area contributed by atoms with Crippen molar-refractivity contribution >= 4 is 5.91 Å². The minimum absolute atomic E-state index is 0.0763. The number of hydrogen-bond donors (Lipinski definition) is 3. The Labute approximate surface area is 279 Å². The molecule has 256 valence electrons. The number of rotatable bonds is 21. The highest BCUT2D eigenvalue weighted by Gasteiger charge is 2.16. The summed E-state index contributed by atoms with van der Waals surface area (Å²) in [5.41, 5.74) is 3.44. The van der Waals surface area contributed by atoms with Crippen LogP contribution >= 0.6 is 0 Å². The summed E-state index contributed by atoms with van der Waals surface area (Å²) in [5, 5.41) is 48.9. The Morgan fingerprint density at radius 3 is 1.71 bits per heavy atom. The van der Waals surface area contributed by atoms with Gasteiger partial charge in [-0.1, -0.05) is 48.5 Å². The van der Waals surface area contributed by atoms with E-state index in [0.717, 1.165) is 22.3 Å². The molecule has 2 aromatic heterocycles. The number of nitrogens with one attached hydrogen (secondary N) is 2. The van der Waals surface area contributed by atoms with Crippen LogP contribution in [0.4, 0.5) is 0 Å². The van der Waals surface area contributed by atoms with E-state index in [9.17, 15) is 9.90 Å². The van der Waals surface area contributed by atoms with Crippen LogP contribution in [-0.2, 0) is 32.1 Å². The molecule has 4 rings (SSSR count). The van der Waals surface area contributed by atoms with Gasteiger partial charge in [0.1, 0.15) is 6.23 Å². The third-order valence-corrected chi connectivity index (χ3v) is 6.91. The summed E-state index contributed by atoms with van der Waals surface area (Å²) in [6.07, 6.45) is -0.895. The van der Waals surface area contributed by atoms with Crippen molar-refractivity contribution in [2.24, 2.45) is 0 Å². The van der Waals surface area contributed by atoms with Crippen molar-refractivity contribution in [3.8, 4) is 22.8 Å². The van der Waals surface area contributed by atoms with Crippen LogP contribution in [0.2, 0.25) is 0 Å². The normalized spacial score (nSPS) is 11.9. The third kappa shape index (κ3) is 13.0. The number of hydrogen-bond acceptors (Lipinski definition) is 15. The second-order valence-corrected chi connectivity index (χ2v) is 10.8. The first-order valence-electron chi connectivity index (χ1n) is 15.8. The zero-order chi connectivity index (χ0) is 34.0. The average Bonchev–Trinajstić information content (AvgIpc) is 3.10. The van der Waals surface area contributed by atoms with Gasteiger partial charge in [0.2, 0.25) is 17.6 Å². The Hall–Kier alpha value is -4.45. The van der Waals surface area contributed by atoms with Gasteiger partial charge in [0, 0.05) is 43.9 Å². The van der Waals surface area contributed by atoms with Crippen molar-refractivity contribution in [2.45, 2.75) is 40.1 Å². The van der Waals surface area contributed by atoms with Crippen molar-refractivity contribution in [2.75, 3.05) is 59.3 Å². The van der Waals surface area contributed by atoms with Crippen molar-refractivity contribution in [3.63, 3.8) is 0 Å². The zero-order valence-electron chi connectivity index (χ0n) is 27.6. The van der Waals surface area contributed by atoms with Gasteiger partial charge < -0.3 is 24.6 Å². The van der Waals surface area contributed by atoms with Gasteiger partial charge in [0.05, 0.1) is 39.6 Å². The summed E-state index contributed by atoms with van der Waals surface area (Å²) in [6.45, 7) is 9.80. The Morgan fingerprint density at radius 2 is 1.19 bits per heavy atom. The van der Waals surface area contributed by atoms with Crippen molar-refractivity contribution in [1.82, 2.24) is 56.3 Å². The van der Waals surface area contributed by atoms with E-state index in [4.69, 9.17) is 14.2 Å². The van der Waals surface area contributed by atoms with Gasteiger partial charge in [-0.05, 0) is 31.9 Å². The number of amides is 1. The molecule has 0 saturated carbocycles. The first-order valence-corrected chi connectivity index (χ1v) is 15.8. The number of benzene rings is 2. The number of aliphatic hydroxyl groups excluding tert-OH is 1. The predicted octanol–water partition coefficient (Wildman–Crippen LogP) is 0.894. The van der Waals surface area contributed by atoms with Gasteiger partial charge in [-0.3, -0.25) is 15.0 Å². The molecule has 0 saturated heterocycles. The number of aryl methyl sites for hydroxylation is 2. The second-order valence-electron chi connectivity index (χ2n) is 10.8. The summed E-state index contributed by atoms with van der Waals surface area (Å²) in [5.74, 6) is 1.70. The maximum atomic E-state index is 13.0. The van der Waals surface area contributed by atoms with E-state index in [1.807, 2.05) is 60.4 Å². The van der Waals surface area contributed by atoms with E-state index >= 15 is 0 Å². The fourth-order valence-corrected chi connectivity index (χ4v) is 4.35. The molecule has 16 nitrogen and oxygen atoms in total. The maximum Gasteiger partial charge on any atom is 0.234 e. The largest absolute Gasteiger partial charge is 0.379 e. The van der Waals surface area contributed by atoms with Gasteiger partial charge in [0.15, 0.2) is 11.6 Å². The molecule has 1 atom stereocenters. The molecule has 0 aliphatic rings. The molecule has 2 aromatic carbocycles. The lowest BCUT2D eigenvalue weighted by Crippen LogP contribution is -2.46. The molecule has 16 heteroatoms. The Bertz CT molecular complexity index is 1500. The third-order valence-electron chi connectivity index (χ3n) is 6.91. The highest BCUT2D eigenvalue weighted by Crippen LogP contribution is 2.15. The van der Waals surface area contributed by atoms with Crippen LogP contribution in [-0.4, -0.2) is 122 Å². The fraction of sp³-hybridized carbons (Fsp3) is 0.469. The summed E-state index contributed by atoms with van der Waals surface area (Å²) >= 11 is 0. The van der Waals surface area contributed by atoms with Gasteiger partial charge >= 0.3 is 0 Å². The number of aromatic nitrogens is 8. The highest BCUT2D eigenvalue weighted by atomic mass is 16.5. The molecular weight excluding hydrogens is 618 g/mol. The maximum absolute atomic E-state index is 13.0. The number of carbonyl (C=O) groups excluding carboxylic acids is 1. The van der Waals surface area contributed by atoms with Crippen LogP contribution in [0, 0.1) is 13.8 Å². The van der Waals surface area contributed by atoms with E-state index in [1.165, 1.54) is 0 Å².